The summed E-state index contributed by atoms with van der Waals surface area (Å²) in [5.41, 5.74) is 2.53. The lowest BCUT2D eigenvalue weighted by molar-refractivity contribution is 0.0933. The van der Waals surface area contributed by atoms with Crippen molar-refractivity contribution in [1.82, 2.24) is 30.3 Å². The van der Waals surface area contributed by atoms with Crippen LogP contribution < -0.4 is 10.2 Å². The normalized spacial score (nSPS) is 17.0. The third-order valence-electron chi connectivity index (χ3n) is 5.06. The lowest BCUT2D eigenvalue weighted by Gasteiger charge is -2.34. The fraction of sp³-hybridized carbons (Fsp3) is 0.400. The first-order chi connectivity index (χ1) is 13.5. The second kappa shape index (κ2) is 7.46. The van der Waals surface area contributed by atoms with E-state index in [1.54, 1.807) is 0 Å². The van der Waals surface area contributed by atoms with E-state index in [-0.39, 0.29) is 11.9 Å². The number of aromatic amines is 1. The molecule has 1 aromatic carbocycles. The standard InChI is InChI=1S/C20H25N7O/c1-13-11-18(26(3)25-13)27-10-4-5-17(12-27)22-20(28)16-8-6-15(7-9-16)19-21-14(2)23-24-19/h6-9,11,17H,4-5,10,12H2,1-3H3,(H,22,28)(H,21,23,24). The van der Waals surface area contributed by atoms with Crippen molar-refractivity contribution in [2.75, 3.05) is 18.0 Å². The summed E-state index contributed by atoms with van der Waals surface area (Å²) < 4.78 is 1.91. The van der Waals surface area contributed by atoms with E-state index in [0.29, 0.717) is 11.4 Å². The Kier molecular flexibility index (Phi) is 4.85. The largest absolute Gasteiger partial charge is 0.355 e. The van der Waals surface area contributed by atoms with Gasteiger partial charge in [-0.3, -0.25) is 14.6 Å². The van der Waals surface area contributed by atoms with Crippen LogP contribution in [0.2, 0.25) is 0 Å². The number of benzene rings is 1. The van der Waals surface area contributed by atoms with Gasteiger partial charge in [-0.15, -0.1) is 0 Å². The van der Waals surface area contributed by atoms with Gasteiger partial charge in [0.1, 0.15) is 11.6 Å². The highest BCUT2D eigenvalue weighted by Gasteiger charge is 2.24. The topological polar surface area (TPSA) is 91.7 Å². The first kappa shape index (κ1) is 18.2. The molecule has 3 aromatic rings. The zero-order valence-electron chi connectivity index (χ0n) is 16.4. The molecule has 4 rings (SSSR count). The smallest absolute Gasteiger partial charge is 0.251 e. The van der Waals surface area contributed by atoms with Crippen molar-refractivity contribution >= 4 is 11.7 Å². The molecular weight excluding hydrogens is 354 g/mol. The van der Waals surface area contributed by atoms with Gasteiger partial charge >= 0.3 is 0 Å². The molecule has 146 valence electrons. The van der Waals surface area contributed by atoms with E-state index < -0.39 is 0 Å². The molecule has 1 amide bonds. The summed E-state index contributed by atoms with van der Waals surface area (Å²) >= 11 is 0. The number of hydrogen-bond acceptors (Lipinski definition) is 5. The number of nitrogens with zero attached hydrogens (tertiary/aromatic N) is 5. The van der Waals surface area contributed by atoms with Crippen molar-refractivity contribution in [1.29, 1.82) is 0 Å². The van der Waals surface area contributed by atoms with Crippen LogP contribution in [0.25, 0.3) is 11.4 Å². The quantitative estimate of drug-likeness (QED) is 0.725. The summed E-state index contributed by atoms with van der Waals surface area (Å²) in [6, 6.07) is 9.61. The fourth-order valence-corrected chi connectivity index (χ4v) is 3.71. The van der Waals surface area contributed by atoms with Crippen molar-refractivity contribution in [3.05, 3.63) is 47.4 Å². The van der Waals surface area contributed by atoms with Crippen molar-refractivity contribution in [2.45, 2.75) is 32.7 Å². The van der Waals surface area contributed by atoms with E-state index in [1.165, 1.54) is 0 Å². The highest BCUT2D eigenvalue weighted by atomic mass is 16.1. The number of carbonyl (C=O) groups is 1. The molecule has 1 saturated heterocycles. The predicted octanol–water partition coefficient (Wildman–Crippen LogP) is 2.22. The lowest BCUT2D eigenvalue weighted by atomic mass is 10.0. The van der Waals surface area contributed by atoms with Crippen LogP contribution in [-0.4, -0.2) is 50.0 Å². The number of rotatable bonds is 4. The van der Waals surface area contributed by atoms with E-state index in [0.717, 1.165) is 48.8 Å². The number of H-pyrrole nitrogens is 1. The number of hydrogen-bond donors (Lipinski definition) is 2. The minimum atomic E-state index is -0.0502. The summed E-state index contributed by atoms with van der Waals surface area (Å²) in [6.45, 7) is 5.63. The zero-order valence-corrected chi connectivity index (χ0v) is 16.4. The monoisotopic (exact) mass is 379 g/mol. The van der Waals surface area contributed by atoms with E-state index in [1.807, 2.05) is 49.8 Å². The maximum Gasteiger partial charge on any atom is 0.251 e. The highest BCUT2D eigenvalue weighted by molar-refractivity contribution is 5.94. The zero-order chi connectivity index (χ0) is 19.7. The molecule has 1 atom stereocenters. The van der Waals surface area contributed by atoms with Gasteiger partial charge in [0, 0.05) is 43.4 Å². The molecule has 2 aromatic heterocycles. The van der Waals surface area contributed by atoms with E-state index in [4.69, 9.17) is 0 Å². The summed E-state index contributed by atoms with van der Waals surface area (Å²) in [6.07, 6.45) is 2.02. The summed E-state index contributed by atoms with van der Waals surface area (Å²) in [4.78, 5) is 19.3. The van der Waals surface area contributed by atoms with Crippen LogP contribution in [0.1, 0.15) is 34.7 Å². The Hall–Kier alpha value is -3.16. The van der Waals surface area contributed by atoms with E-state index in [9.17, 15) is 4.79 Å². The van der Waals surface area contributed by atoms with E-state index >= 15 is 0 Å². The number of aromatic nitrogens is 5. The minimum absolute atomic E-state index is 0.0502. The maximum atomic E-state index is 12.7. The molecule has 28 heavy (non-hydrogen) atoms. The molecule has 1 unspecified atom stereocenters. The van der Waals surface area contributed by atoms with Crippen molar-refractivity contribution in [2.24, 2.45) is 7.05 Å². The van der Waals surface area contributed by atoms with Crippen LogP contribution in [-0.2, 0) is 7.05 Å². The van der Waals surface area contributed by atoms with Gasteiger partial charge in [0.2, 0.25) is 0 Å². The number of amides is 1. The summed E-state index contributed by atoms with van der Waals surface area (Å²) in [5, 5.41) is 14.6. The van der Waals surface area contributed by atoms with E-state index in [2.05, 4.69) is 36.6 Å². The first-order valence-corrected chi connectivity index (χ1v) is 9.55. The van der Waals surface area contributed by atoms with Gasteiger partial charge in [0.05, 0.1) is 5.69 Å². The average Bonchev–Trinajstić information content (AvgIpc) is 3.27. The molecule has 1 aliphatic rings. The van der Waals surface area contributed by atoms with Crippen LogP contribution in [0.3, 0.4) is 0 Å². The Labute approximate surface area is 164 Å². The molecule has 2 N–H and O–H groups in total. The molecule has 0 saturated carbocycles. The van der Waals surface area contributed by atoms with Crippen molar-refractivity contribution in [3.63, 3.8) is 0 Å². The van der Waals surface area contributed by atoms with Crippen LogP contribution in [0, 0.1) is 13.8 Å². The Morgan fingerprint density at radius 1 is 1.25 bits per heavy atom. The lowest BCUT2D eigenvalue weighted by Crippen LogP contribution is -2.48. The highest BCUT2D eigenvalue weighted by Crippen LogP contribution is 2.21. The molecule has 8 nitrogen and oxygen atoms in total. The second-order valence-electron chi connectivity index (χ2n) is 7.35. The van der Waals surface area contributed by atoms with Gasteiger partial charge in [-0.2, -0.15) is 10.2 Å². The fourth-order valence-electron chi connectivity index (χ4n) is 3.71. The van der Waals surface area contributed by atoms with Gasteiger partial charge in [-0.1, -0.05) is 12.1 Å². The SMILES string of the molecule is Cc1cc(N2CCCC(NC(=O)c3ccc(-c4n[nH]c(C)n4)cc3)C2)n(C)n1. The van der Waals surface area contributed by atoms with Crippen LogP contribution in [0.5, 0.6) is 0 Å². The number of carbonyl (C=O) groups excluding carboxylic acids is 1. The number of anilines is 1. The van der Waals surface area contributed by atoms with Gasteiger partial charge in [0.25, 0.3) is 5.91 Å². The van der Waals surface area contributed by atoms with Gasteiger partial charge in [-0.25, -0.2) is 4.98 Å². The van der Waals surface area contributed by atoms with Crippen LogP contribution in [0.4, 0.5) is 5.82 Å². The summed E-state index contributed by atoms with van der Waals surface area (Å²) in [7, 11) is 1.96. The molecule has 3 heterocycles. The molecule has 8 heteroatoms. The minimum Gasteiger partial charge on any atom is -0.355 e. The molecule has 0 radical (unpaired) electrons. The third-order valence-corrected chi connectivity index (χ3v) is 5.06. The molecule has 1 fully saturated rings. The van der Waals surface area contributed by atoms with Crippen molar-refractivity contribution in [3.8, 4) is 11.4 Å². The van der Waals surface area contributed by atoms with Crippen LogP contribution >= 0.6 is 0 Å². The Bertz CT molecular complexity index is 973. The molecular formula is C20H25N7O. The van der Waals surface area contributed by atoms with Gasteiger partial charge < -0.3 is 10.2 Å². The third kappa shape index (κ3) is 3.76. The number of piperidine rings is 1. The maximum absolute atomic E-state index is 12.7. The summed E-state index contributed by atoms with van der Waals surface area (Å²) in [5.74, 6) is 2.45. The number of aryl methyl sites for hydroxylation is 3. The number of nitrogens with one attached hydrogen (secondary N) is 2. The first-order valence-electron chi connectivity index (χ1n) is 9.55. The molecule has 1 aliphatic heterocycles. The second-order valence-corrected chi connectivity index (χ2v) is 7.35. The molecule has 0 spiro atoms. The predicted molar refractivity (Wildman–Crippen MR) is 107 cm³/mol. The van der Waals surface area contributed by atoms with Gasteiger partial charge in [-0.05, 0) is 38.8 Å². The van der Waals surface area contributed by atoms with Crippen LogP contribution in [0.15, 0.2) is 30.3 Å². The average molecular weight is 379 g/mol. The molecule has 0 aliphatic carbocycles. The Balaban J connectivity index is 1.41. The van der Waals surface area contributed by atoms with Crippen molar-refractivity contribution < 1.29 is 4.79 Å². The Morgan fingerprint density at radius 2 is 2.04 bits per heavy atom. The molecule has 0 bridgehead atoms. The Morgan fingerprint density at radius 3 is 2.68 bits per heavy atom. The van der Waals surface area contributed by atoms with Gasteiger partial charge in [0.15, 0.2) is 5.82 Å².